The number of Topliss-reactive ketones (excluding diaryl/α,β-unsaturated/α-hetero) is 1. The number of hydrogen-bond acceptors (Lipinski definition) is 5. The van der Waals surface area contributed by atoms with Crippen LogP contribution in [0.5, 0.6) is 5.75 Å². The van der Waals surface area contributed by atoms with Gasteiger partial charge >= 0.3 is 7.12 Å². The minimum atomic E-state index is -0.528. The zero-order valence-electron chi connectivity index (χ0n) is 14.3. The topological polar surface area (TPSA) is 81.8 Å². The smallest absolute Gasteiger partial charge is 0.491 e. The van der Waals surface area contributed by atoms with Crippen LogP contribution < -0.4 is 5.73 Å². The van der Waals surface area contributed by atoms with Crippen LogP contribution in [0.4, 0.5) is 0 Å². The van der Waals surface area contributed by atoms with E-state index >= 15 is 0 Å². The van der Waals surface area contributed by atoms with Crippen LogP contribution >= 0.6 is 0 Å². The molecule has 1 aromatic carbocycles. The number of carbonyl (C=O) groups excluding carboxylic acids is 1. The minimum absolute atomic E-state index is 0.0449. The number of hydrogen-bond donors (Lipinski definition) is 2. The maximum Gasteiger partial charge on any atom is 0.491 e. The summed E-state index contributed by atoms with van der Waals surface area (Å²) in [6.45, 7) is 9.61. The van der Waals surface area contributed by atoms with Crippen molar-refractivity contribution in [1.29, 1.82) is 0 Å². The second-order valence-corrected chi connectivity index (χ2v) is 6.84. The fraction of sp³-hybridized carbons (Fsp3) is 0.471. The Balaban J connectivity index is 2.30. The van der Waals surface area contributed by atoms with Crippen molar-refractivity contribution in [1.82, 2.24) is 0 Å². The Hall–Kier alpha value is -1.63. The van der Waals surface area contributed by atoms with E-state index < -0.39 is 18.3 Å². The van der Waals surface area contributed by atoms with Crippen molar-refractivity contribution in [3.8, 4) is 5.75 Å². The monoisotopic (exact) mass is 317 g/mol. The van der Waals surface area contributed by atoms with Crippen molar-refractivity contribution in [2.24, 2.45) is 5.73 Å². The summed E-state index contributed by atoms with van der Waals surface area (Å²) in [6, 6.07) is 4.90. The second kappa shape index (κ2) is 6.11. The average molecular weight is 317 g/mol. The van der Waals surface area contributed by atoms with Gasteiger partial charge in [-0.1, -0.05) is 12.1 Å². The predicted molar refractivity (Wildman–Crippen MR) is 91.2 cm³/mol. The van der Waals surface area contributed by atoms with Gasteiger partial charge in [0.25, 0.3) is 0 Å². The number of aromatic hydroxyl groups is 1. The zero-order chi connectivity index (χ0) is 17.4. The Morgan fingerprint density at radius 1 is 1.26 bits per heavy atom. The van der Waals surface area contributed by atoms with Gasteiger partial charge in [-0.25, -0.2) is 0 Å². The highest BCUT2D eigenvalue weighted by Crippen LogP contribution is 2.38. The first-order valence-corrected chi connectivity index (χ1v) is 7.67. The number of phenols is 1. The van der Waals surface area contributed by atoms with E-state index in [-0.39, 0.29) is 18.1 Å². The fourth-order valence-electron chi connectivity index (χ4n) is 2.37. The highest BCUT2D eigenvalue weighted by molar-refractivity contribution is 6.55. The molecule has 2 rings (SSSR count). The van der Waals surface area contributed by atoms with Crippen molar-refractivity contribution in [3.63, 3.8) is 0 Å². The summed E-state index contributed by atoms with van der Waals surface area (Å²) < 4.78 is 12.0. The van der Waals surface area contributed by atoms with E-state index in [0.29, 0.717) is 5.56 Å². The van der Waals surface area contributed by atoms with Crippen molar-refractivity contribution in [2.75, 3.05) is 6.54 Å². The molecule has 0 saturated carbocycles. The van der Waals surface area contributed by atoms with Crippen LogP contribution in [-0.4, -0.2) is 35.8 Å². The highest BCUT2D eigenvalue weighted by atomic mass is 16.7. The molecule has 0 radical (unpaired) electrons. The third-order valence-corrected chi connectivity index (χ3v) is 4.54. The molecule has 1 aliphatic heterocycles. The molecular weight excluding hydrogens is 293 g/mol. The summed E-state index contributed by atoms with van der Waals surface area (Å²) in [5.74, 6) is -0.223. The predicted octanol–water partition coefficient (Wildman–Crippen LogP) is 2.57. The van der Waals surface area contributed by atoms with Gasteiger partial charge in [-0.05, 0) is 57.8 Å². The number of rotatable bonds is 4. The summed E-state index contributed by atoms with van der Waals surface area (Å²) in [5.41, 5.74) is 6.79. The summed E-state index contributed by atoms with van der Waals surface area (Å²) in [5, 5.41) is 9.94. The Morgan fingerprint density at radius 2 is 1.83 bits per heavy atom. The van der Waals surface area contributed by atoms with Crippen molar-refractivity contribution in [2.45, 2.75) is 45.8 Å². The van der Waals surface area contributed by atoms with E-state index in [1.807, 2.05) is 33.8 Å². The van der Waals surface area contributed by atoms with E-state index in [1.165, 1.54) is 13.0 Å². The fourth-order valence-corrected chi connectivity index (χ4v) is 2.37. The van der Waals surface area contributed by atoms with E-state index in [9.17, 15) is 9.90 Å². The summed E-state index contributed by atoms with van der Waals surface area (Å²) in [4.78, 5) is 11.4. The number of carbonyl (C=O) groups is 1. The van der Waals surface area contributed by atoms with Gasteiger partial charge in [0.15, 0.2) is 5.78 Å². The third-order valence-electron chi connectivity index (χ3n) is 4.54. The van der Waals surface area contributed by atoms with Gasteiger partial charge in [0.2, 0.25) is 0 Å². The van der Waals surface area contributed by atoms with Gasteiger partial charge in [0, 0.05) is 6.54 Å². The standard InChI is InChI=1S/C17H24BNO4/c1-11(20)14-7-6-12(9-15(14)21)8-13(10-19)18-22-16(2,3)17(4,5)23-18/h6-9,21H,10,19H2,1-5H3. The van der Waals surface area contributed by atoms with E-state index in [4.69, 9.17) is 15.0 Å². The number of nitrogens with two attached hydrogens (primary N) is 1. The average Bonchev–Trinajstić information content (AvgIpc) is 2.64. The zero-order valence-corrected chi connectivity index (χ0v) is 14.3. The molecule has 0 unspecified atom stereocenters. The molecule has 1 saturated heterocycles. The van der Waals surface area contributed by atoms with Crippen LogP contribution in [0.2, 0.25) is 0 Å². The molecule has 0 amide bonds. The summed E-state index contributed by atoms with van der Waals surface area (Å²) in [6.07, 6.45) is 1.83. The molecule has 0 bridgehead atoms. The van der Waals surface area contributed by atoms with Crippen LogP contribution in [0.25, 0.3) is 6.08 Å². The van der Waals surface area contributed by atoms with E-state index in [1.54, 1.807) is 12.1 Å². The van der Waals surface area contributed by atoms with Gasteiger partial charge in [-0.2, -0.15) is 0 Å². The molecular formula is C17H24BNO4. The lowest BCUT2D eigenvalue weighted by molar-refractivity contribution is 0.00578. The SMILES string of the molecule is CC(=O)c1ccc(C=C(CN)B2OC(C)(C)C(C)(C)O2)cc1O. The molecule has 1 aliphatic rings. The van der Waals surface area contributed by atoms with Gasteiger partial charge in [0.05, 0.1) is 16.8 Å². The Bertz CT molecular complexity index is 636. The Kier molecular flexibility index (Phi) is 4.71. The molecule has 6 heteroatoms. The maximum atomic E-state index is 11.4. The number of ketones is 1. The van der Waals surface area contributed by atoms with Crippen molar-refractivity contribution >= 4 is 19.0 Å². The highest BCUT2D eigenvalue weighted by Gasteiger charge is 2.52. The lowest BCUT2D eigenvalue weighted by Crippen LogP contribution is -2.41. The maximum absolute atomic E-state index is 11.4. The molecule has 0 aliphatic carbocycles. The Labute approximate surface area is 137 Å². The molecule has 0 atom stereocenters. The molecule has 5 nitrogen and oxygen atoms in total. The minimum Gasteiger partial charge on any atom is -0.507 e. The third kappa shape index (κ3) is 3.49. The van der Waals surface area contributed by atoms with Crippen molar-refractivity contribution in [3.05, 3.63) is 34.8 Å². The first-order chi connectivity index (χ1) is 10.6. The van der Waals surface area contributed by atoms with Crippen molar-refractivity contribution < 1.29 is 19.2 Å². The Morgan fingerprint density at radius 3 is 2.26 bits per heavy atom. The number of phenolic OH excluding ortho intramolecular Hbond substituents is 1. The first-order valence-electron chi connectivity index (χ1n) is 7.67. The van der Waals surface area contributed by atoms with Gasteiger partial charge in [0.1, 0.15) is 5.75 Å². The van der Waals surface area contributed by atoms with Gasteiger partial charge < -0.3 is 20.1 Å². The summed E-state index contributed by atoms with van der Waals surface area (Å²) >= 11 is 0. The summed E-state index contributed by atoms with van der Waals surface area (Å²) in [7, 11) is -0.528. The molecule has 3 N–H and O–H groups in total. The van der Waals surface area contributed by atoms with Gasteiger partial charge in [-0.3, -0.25) is 4.79 Å². The second-order valence-electron chi connectivity index (χ2n) is 6.84. The number of benzene rings is 1. The normalized spacial score (nSPS) is 19.9. The molecule has 23 heavy (non-hydrogen) atoms. The van der Waals surface area contributed by atoms with Crippen LogP contribution in [0, 0.1) is 0 Å². The molecule has 0 aromatic heterocycles. The molecule has 124 valence electrons. The lowest BCUT2D eigenvalue weighted by atomic mass is 9.77. The molecule has 1 heterocycles. The van der Waals surface area contributed by atoms with E-state index in [2.05, 4.69) is 0 Å². The lowest BCUT2D eigenvalue weighted by Gasteiger charge is -2.32. The molecule has 0 spiro atoms. The van der Waals surface area contributed by atoms with Gasteiger partial charge in [-0.15, -0.1) is 0 Å². The largest absolute Gasteiger partial charge is 0.507 e. The van der Waals surface area contributed by atoms with Crippen LogP contribution in [-0.2, 0) is 9.31 Å². The quantitative estimate of drug-likeness (QED) is 0.659. The molecule has 1 fully saturated rings. The van der Waals surface area contributed by atoms with Crippen LogP contribution in [0.1, 0.15) is 50.5 Å². The van der Waals surface area contributed by atoms with E-state index in [0.717, 1.165) is 11.0 Å². The molecule has 1 aromatic rings. The van der Waals surface area contributed by atoms with Crippen LogP contribution in [0.15, 0.2) is 23.7 Å². The first kappa shape index (κ1) is 17.7. The van der Waals surface area contributed by atoms with Crippen LogP contribution in [0.3, 0.4) is 0 Å².